The number of nitro groups is 1. The molecule has 0 radical (unpaired) electrons. The molecular weight excluding hydrogens is 222 g/mol. The summed E-state index contributed by atoms with van der Waals surface area (Å²) in [6.45, 7) is 1.65. The minimum Gasteiger partial charge on any atom is -0.393 e. The van der Waals surface area contributed by atoms with E-state index < -0.39 is 10.8 Å². The second kappa shape index (κ2) is 4.99. The molecule has 0 aliphatic carbocycles. The van der Waals surface area contributed by atoms with Gasteiger partial charge in [0, 0.05) is 11.6 Å². The molecule has 17 heavy (non-hydrogen) atoms. The van der Waals surface area contributed by atoms with E-state index in [2.05, 4.69) is 11.8 Å². The predicted molar refractivity (Wildman–Crippen MR) is 62.9 cm³/mol. The van der Waals surface area contributed by atoms with Crippen LogP contribution < -0.4 is 11.5 Å². The van der Waals surface area contributed by atoms with Crippen molar-refractivity contribution in [3.05, 3.63) is 33.4 Å². The molecule has 0 unspecified atom stereocenters. The third kappa shape index (κ3) is 3.21. The molecule has 6 nitrogen and oxygen atoms in total. The number of hydrogen-bond acceptors (Lipinski definition) is 4. The lowest BCUT2D eigenvalue weighted by molar-refractivity contribution is -0.383. The van der Waals surface area contributed by atoms with E-state index in [-0.39, 0.29) is 17.8 Å². The van der Waals surface area contributed by atoms with Crippen molar-refractivity contribution in [3.63, 3.8) is 0 Å². The van der Waals surface area contributed by atoms with Gasteiger partial charge >= 0.3 is 0 Å². The van der Waals surface area contributed by atoms with Gasteiger partial charge in [-0.25, -0.2) is 0 Å². The number of amides is 1. The standard InChI is InChI=1S/C11H11N3O3/c1-7-5-8(3-2-4-10(12)15)6-9(11(7)13)14(16)17/h5-6H,4,13H2,1H3,(H2,12,15). The summed E-state index contributed by atoms with van der Waals surface area (Å²) in [6, 6.07) is 2.90. The highest BCUT2D eigenvalue weighted by Gasteiger charge is 2.14. The van der Waals surface area contributed by atoms with Crippen molar-refractivity contribution in [1.29, 1.82) is 0 Å². The number of nitrogens with zero attached hydrogens (tertiary/aromatic N) is 1. The summed E-state index contributed by atoms with van der Waals surface area (Å²) in [7, 11) is 0. The fourth-order valence-electron chi connectivity index (χ4n) is 1.24. The van der Waals surface area contributed by atoms with Crippen molar-refractivity contribution in [2.75, 3.05) is 5.73 Å². The Morgan fingerprint density at radius 3 is 2.71 bits per heavy atom. The van der Waals surface area contributed by atoms with Gasteiger partial charge in [0.15, 0.2) is 0 Å². The summed E-state index contributed by atoms with van der Waals surface area (Å²) in [5.74, 6) is 4.61. The summed E-state index contributed by atoms with van der Waals surface area (Å²) in [5.41, 5.74) is 11.4. The molecule has 0 aromatic heterocycles. The van der Waals surface area contributed by atoms with Crippen molar-refractivity contribution in [2.24, 2.45) is 5.73 Å². The summed E-state index contributed by atoms with van der Waals surface area (Å²) in [5, 5.41) is 10.7. The molecule has 4 N–H and O–H groups in total. The molecule has 1 aromatic carbocycles. The van der Waals surface area contributed by atoms with Gasteiger partial charge in [0.25, 0.3) is 5.69 Å². The van der Waals surface area contributed by atoms with Gasteiger partial charge in [-0.15, -0.1) is 0 Å². The largest absolute Gasteiger partial charge is 0.393 e. The minimum absolute atomic E-state index is 0.0861. The van der Waals surface area contributed by atoms with Crippen LogP contribution in [-0.4, -0.2) is 10.8 Å². The van der Waals surface area contributed by atoms with Crippen molar-refractivity contribution < 1.29 is 9.72 Å². The number of rotatable bonds is 2. The van der Waals surface area contributed by atoms with Crippen molar-refractivity contribution in [2.45, 2.75) is 13.3 Å². The smallest absolute Gasteiger partial charge is 0.293 e. The number of hydrogen-bond donors (Lipinski definition) is 2. The van der Waals surface area contributed by atoms with Crippen LogP contribution in [0, 0.1) is 28.9 Å². The molecule has 0 aliphatic heterocycles. The quantitative estimate of drug-likeness (QED) is 0.339. The van der Waals surface area contributed by atoms with E-state index in [1.165, 1.54) is 6.07 Å². The van der Waals surface area contributed by atoms with Crippen LogP contribution in [0.15, 0.2) is 12.1 Å². The maximum absolute atomic E-state index is 10.7. The molecule has 0 aliphatic rings. The van der Waals surface area contributed by atoms with E-state index in [0.717, 1.165) is 0 Å². The Bertz CT molecular complexity index is 541. The summed E-state index contributed by atoms with van der Waals surface area (Å²) >= 11 is 0. The Kier molecular flexibility index (Phi) is 3.67. The van der Waals surface area contributed by atoms with Gasteiger partial charge in [0.05, 0.1) is 11.3 Å². The number of aryl methyl sites for hydroxylation is 1. The first-order valence-electron chi connectivity index (χ1n) is 4.73. The first kappa shape index (κ1) is 12.5. The lowest BCUT2D eigenvalue weighted by Crippen LogP contribution is -2.08. The van der Waals surface area contributed by atoms with Crippen LogP contribution in [-0.2, 0) is 4.79 Å². The van der Waals surface area contributed by atoms with Gasteiger partial charge in [-0.1, -0.05) is 11.8 Å². The highest BCUT2D eigenvalue weighted by atomic mass is 16.6. The van der Waals surface area contributed by atoms with E-state index >= 15 is 0 Å². The minimum atomic E-state index is -0.568. The average Bonchev–Trinajstić information content (AvgIpc) is 2.22. The summed E-state index contributed by atoms with van der Waals surface area (Å²) in [6.07, 6.45) is -0.0861. The van der Waals surface area contributed by atoms with E-state index in [0.29, 0.717) is 11.1 Å². The molecule has 0 bridgehead atoms. The number of benzene rings is 1. The molecule has 0 heterocycles. The molecule has 88 valence electrons. The fourth-order valence-corrected chi connectivity index (χ4v) is 1.24. The van der Waals surface area contributed by atoms with Crippen LogP contribution in [0.1, 0.15) is 17.5 Å². The number of anilines is 1. The Labute approximate surface area is 97.7 Å². The van der Waals surface area contributed by atoms with Gasteiger partial charge in [-0.05, 0) is 18.6 Å². The van der Waals surface area contributed by atoms with Crippen LogP contribution in [0.3, 0.4) is 0 Å². The zero-order chi connectivity index (χ0) is 13.0. The zero-order valence-electron chi connectivity index (χ0n) is 9.19. The van der Waals surface area contributed by atoms with Crippen LogP contribution in [0.4, 0.5) is 11.4 Å². The zero-order valence-corrected chi connectivity index (χ0v) is 9.19. The molecule has 0 spiro atoms. The van der Waals surface area contributed by atoms with Crippen molar-refractivity contribution in [3.8, 4) is 11.8 Å². The van der Waals surface area contributed by atoms with Crippen LogP contribution in [0.25, 0.3) is 0 Å². The van der Waals surface area contributed by atoms with Gasteiger partial charge in [-0.3, -0.25) is 14.9 Å². The number of nitro benzene ring substituents is 1. The topological polar surface area (TPSA) is 112 Å². The third-order valence-corrected chi connectivity index (χ3v) is 2.06. The molecule has 1 amide bonds. The Morgan fingerprint density at radius 1 is 1.53 bits per heavy atom. The summed E-state index contributed by atoms with van der Waals surface area (Å²) in [4.78, 5) is 20.6. The molecule has 0 saturated heterocycles. The highest BCUT2D eigenvalue weighted by Crippen LogP contribution is 2.26. The van der Waals surface area contributed by atoms with Gasteiger partial charge in [-0.2, -0.15) is 0 Å². The summed E-state index contributed by atoms with van der Waals surface area (Å²) < 4.78 is 0. The van der Waals surface area contributed by atoms with E-state index in [1.54, 1.807) is 13.0 Å². The Morgan fingerprint density at radius 2 is 2.18 bits per heavy atom. The first-order valence-corrected chi connectivity index (χ1v) is 4.73. The molecular formula is C11H11N3O3. The first-order chi connectivity index (χ1) is 7.91. The number of primary amides is 1. The number of carbonyl (C=O) groups excluding carboxylic acids is 1. The molecule has 0 fully saturated rings. The number of nitrogen functional groups attached to an aromatic ring is 1. The molecule has 1 aromatic rings. The second-order valence-electron chi connectivity index (χ2n) is 3.43. The lowest BCUT2D eigenvalue weighted by atomic mass is 10.1. The molecule has 0 saturated carbocycles. The Hall–Kier alpha value is -2.55. The van der Waals surface area contributed by atoms with Crippen LogP contribution in [0.2, 0.25) is 0 Å². The second-order valence-corrected chi connectivity index (χ2v) is 3.43. The number of carbonyl (C=O) groups is 1. The van der Waals surface area contributed by atoms with Gasteiger partial charge < -0.3 is 11.5 Å². The normalized spacial score (nSPS) is 9.24. The predicted octanol–water partition coefficient (Wildman–Crippen LogP) is 0.712. The van der Waals surface area contributed by atoms with E-state index in [4.69, 9.17) is 11.5 Å². The van der Waals surface area contributed by atoms with E-state index in [9.17, 15) is 14.9 Å². The maximum atomic E-state index is 10.7. The molecule has 6 heteroatoms. The van der Waals surface area contributed by atoms with E-state index in [1.807, 2.05) is 0 Å². The Balaban J connectivity index is 3.13. The van der Waals surface area contributed by atoms with Gasteiger partial charge in [0.2, 0.25) is 5.91 Å². The SMILES string of the molecule is Cc1cc(C#CCC(N)=O)cc([N+](=O)[O-])c1N. The highest BCUT2D eigenvalue weighted by molar-refractivity contribution is 5.76. The monoisotopic (exact) mass is 233 g/mol. The molecule has 0 atom stereocenters. The molecule has 1 rings (SSSR count). The third-order valence-electron chi connectivity index (χ3n) is 2.06. The van der Waals surface area contributed by atoms with Crippen LogP contribution in [0.5, 0.6) is 0 Å². The maximum Gasteiger partial charge on any atom is 0.293 e. The van der Waals surface area contributed by atoms with Crippen LogP contribution >= 0.6 is 0 Å². The van der Waals surface area contributed by atoms with Crippen molar-refractivity contribution in [1.82, 2.24) is 0 Å². The van der Waals surface area contributed by atoms with Gasteiger partial charge in [0.1, 0.15) is 5.69 Å². The number of nitrogens with two attached hydrogens (primary N) is 2. The average molecular weight is 233 g/mol. The lowest BCUT2D eigenvalue weighted by Gasteiger charge is -2.01. The fraction of sp³-hybridized carbons (Fsp3) is 0.182. The van der Waals surface area contributed by atoms with Crippen molar-refractivity contribution >= 4 is 17.3 Å².